The van der Waals surface area contributed by atoms with Gasteiger partial charge >= 0.3 is 0 Å². The van der Waals surface area contributed by atoms with Crippen molar-refractivity contribution in [1.29, 1.82) is 5.26 Å². The maximum Gasteiger partial charge on any atom is 0.173 e. The highest BCUT2D eigenvalue weighted by atomic mass is 35.5. The molecule has 0 N–H and O–H groups in total. The van der Waals surface area contributed by atoms with Gasteiger partial charge in [0.1, 0.15) is 12.4 Å². The van der Waals surface area contributed by atoms with Crippen molar-refractivity contribution in [3.63, 3.8) is 0 Å². The van der Waals surface area contributed by atoms with Crippen LogP contribution in [0.25, 0.3) is 0 Å². The van der Waals surface area contributed by atoms with Crippen LogP contribution in [0, 0.1) is 18.3 Å². The molecule has 0 radical (unpaired) electrons. The second kappa shape index (κ2) is 5.78. The van der Waals surface area contributed by atoms with Crippen LogP contribution >= 0.6 is 11.6 Å². The van der Waals surface area contributed by atoms with Crippen molar-refractivity contribution in [3.8, 4) is 6.07 Å². The molecule has 0 atom stereocenters. The van der Waals surface area contributed by atoms with Gasteiger partial charge in [-0.05, 0) is 13.0 Å². The van der Waals surface area contributed by atoms with Crippen LogP contribution in [0.15, 0.2) is 12.4 Å². The normalized spacial score (nSPS) is 17.1. The lowest BCUT2D eigenvalue weighted by Crippen LogP contribution is -2.42. The van der Waals surface area contributed by atoms with Gasteiger partial charge in [-0.15, -0.1) is 10.2 Å². The molecule has 0 bridgehead atoms. The van der Waals surface area contributed by atoms with Crippen molar-refractivity contribution in [2.24, 2.45) is 7.05 Å². The predicted octanol–water partition coefficient (Wildman–Crippen LogP) is 2.51. The van der Waals surface area contributed by atoms with Crippen molar-refractivity contribution >= 4 is 17.3 Å². The number of halogens is 2. The molecule has 1 aliphatic rings. The highest BCUT2D eigenvalue weighted by Gasteiger charge is 2.40. The fourth-order valence-electron chi connectivity index (χ4n) is 3.01. The van der Waals surface area contributed by atoms with E-state index in [1.165, 1.54) is 6.33 Å². The summed E-state index contributed by atoms with van der Waals surface area (Å²) in [5, 5.41) is 17.3. The fraction of sp³-hybridized carbons (Fsp3) is 0.467. The number of pyridine rings is 1. The third-order valence-electron chi connectivity index (χ3n) is 4.18. The van der Waals surface area contributed by atoms with Gasteiger partial charge in [0.2, 0.25) is 0 Å². The van der Waals surface area contributed by atoms with E-state index in [2.05, 4.69) is 21.3 Å². The monoisotopic (exact) mass is 334 g/mol. The average molecular weight is 335 g/mol. The van der Waals surface area contributed by atoms with E-state index in [0.717, 1.165) is 0 Å². The fourth-order valence-corrected chi connectivity index (χ4v) is 3.37. The number of alkyl halides is 1. The maximum atomic E-state index is 15.2. The first kappa shape index (κ1) is 15.7. The molecule has 1 saturated heterocycles. The number of hydrogen-bond donors (Lipinski definition) is 0. The van der Waals surface area contributed by atoms with Gasteiger partial charge in [0.25, 0.3) is 0 Å². The Morgan fingerprint density at radius 1 is 1.39 bits per heavy atom. The molecule has 0 aromatic carbocycles. The van der Waals surface area contributed by atoms with Gasteiger partial charge in [-0.25, -0.2) is 9.37 Å². The van der Waals surface area contributed by atoms with Crippen molar-refractivity contribution < 1.29 is 4.39 Å². The molecule has 2 aromatic rings. The Hall–Kier alpha value is -2.20. The van der Waals surface area contributed by atoms with Crippen molar-refractivity contribution in [2.45, 2.75) is 25.4 Å². The Bertz CT molecular complexity index is 773. The van der Waals surface area contributed by atoms with Gasteiger partial charge in [-0.2, -0.15) is 5.26 Å². The van der Waals surface area contributed by atoms with Crippen LogP contribution in [0.4, 0.5) is 10.1 Å². The summed E-state index contributed by atoms with van der Waals surface area (Å²) in [6, 6.07) is 3.84. The van der Waals surface area contributed by atoms with Crippen LogP contribution in [-0.4, -0.2) is 32.8 Å². The number of piperidine rings is 1. The lowest BCUT2D eigenvalue weighted by atomic mass is 9.92. The van der Waals surface area contributed by atoms with Crippen molar-refractivity contribution in [1.82, 2.24) is 19.7 Å². The van der Waals surface area contributed by atoms with Crippen LogP contribution in [0.5, 0.6) is 0 Å². The first-order valence-electron chi connectivity index (χ1n) is 7.30. The number of aryl methyl sites for hydroxylation is 2. The quantitative estimate of drug-likeness (QED) is 0.789. The van der Waals surface area contributed by atoms with E-state index in [1.807, 2.05) is 4.90 Å². The number of rotatable bonds is 2. The molecular formula is C15H16ClFN6. The zero-order valence-electron chi connectivity index (χ0n) is 12.9. The highest BCUT2D eigenvalue weighted by molar-refractivity contribution is 6.32. The van der Waals surface area contributed by atoms with Gasteiger partial charge in [0.15, 0.2) is 16.6 Å². The van der Waals surface area contributed by atoms with Gasteiger partial charge < -0.3 is 9.47 Å². The smallest absolute Gasteiger partial charge is 0.173 e. The van der Waals surface area contributed by atoms with Crippen LogP contribution in [-0.2, 0) is 12.7 Å². The molecule has 1 aliphatic heterocycles. The van der Waals surface area contributed by atoms with Gasteiger partial charge in [0, 0.05) is 38.7 Å². The molecule has 1 fully saturated rings. The summed E-state index contributed by atoms with van der Waals surface area (Å²) in [5.74, 6) is 0.339. The predicted molar refractivity (Wildman–Crippen MR) is 83.9 cm³/mol. The summed E-state index contributed by atoms with van der Waals surface area (Å²) < 4.78 is 16.8. The standard InChI is InChI=1S/C15H16ClFN6/c1-10-7-11(8-18)12(13(16)20-10)23-5-3-15(17,4-6-23)14-21-19-9-22(14)2/h7,9H,3-6H2,1-2H3. The van der Waals surface area contributed by atoms with Crippen LogP contribution in [0.3, 0.4) is 0 Å². The largest absolute Gasteiger partial charge is 0.368 e. The molecule has 8 heteroatoms. The molecule has 3 heterocycles. The lowest BCUT2D eigenvalue weighted by molar-refractivity contribution is 0.109. The number of aromatic nitrogens is 4. The summed E-state index contributed by atoms with van der Waals surface area (Å²) in [6.45, 7) is 2.65. The Labute approximate surface area is 138 Å². The highest BCUT2D eigenvalue weighted by Crippen LogP contribution is 2.39. The first-order valence-corrected chi connectivity index (χ1v) is 7.68. The Kier molecular flexibility index (Phi) is 3.94. The van der Waals surface area contributed by atoms with Gasteiger partial charge in [-0.1, -0.05) is 11.6 Å². The van der Waals surface area contributed by atoms with E-state index in [1.54, 1.807) is 24.6 Å². The number of nitrogens with zero attached hydrogens (tertiary/aromatic N) is 6. The summed E-state index contributed by atoms with van der Waals surface area (Å²) >= 11 is 6.22. The first-order chi connectivity index (χ1) is 10.9. The van der Waals surface area contributed by atoms with E-state index in [9.17, 15) is 5.26 Å². The lowest BCUT2D eigenvalue weighted by Gasteiger charge is -2.37. The Morgan fingerprint density at radius 2 is 2.09 bits per heavy atom. The minimum atomic E-state index is -1.51. The number of nitriles is 1. The minimum Gasteiger partial charge on any atom is -0.368 e. The number of hydrogen-bond acceptors (Lipinski definition) is 5. The minimum absolute atomic E-state index is 0.259. The second-order valence-electron chi connectivity index (χ2n) is 5.78. The molecule has 3 rings (SSSR count). The molecule has 6 nitrogen and oxygen atoms in total. The Morgan fingerprint density at radius 3 is 2.65 bits per heavy atom. The van der Waals surface area contributed by atoms with Crippen LogP contribution in [0.2, 0.25) is 5.15 Å². The summed E-state index contributed by atoms with van der Waals surface area (Å²) in [6.07, 6.45) is 2.01. The summed E-state index contributed by atoms with van der Waals surface area (Å²) in [5.41, 5.74) is 0.220. The molecule has 2 aromatic heterocycles. The van der Waals surface area contributed by atoms with Crippen LogP contribution in [0.1, 0.15) is 29.9 Å². The molecule has 0 saturated carbocycles. The SMILES string of the molecule is Cc1cc(C#N)c(N2CCC(F)(c3nncn3C)CC2)c(Cl)n1. The molecule has 0 aliphatic carbocycles. The van der Waals surface area contributed by atoms with E-state index in [-0.39, 0.29) is 18.0 Å². The van der Waals surface area contributed by atoms with E-state index in [0.29, 0.717) is 35.9 Å². The summed E-state index contributed by atoms with van der Waals surface area (Å²) in [4.78, 5) is 6.13. The number of anilines is 1. The molecular weight excluding hydrogens is 319 g/mol. The molecule has 23 heavy (non-hydrogen) atoms. The maximum absolute atomic E-state index is 15.2. The van der Waals surface area contributed by atoms with Crippen LogP contribution < -0.4 is 4.90 Å². The van der Waals surface area contributed by atoms with Crippen molar-refractivity contribution in [3.05, 3.63) is 34.6 Å². The molecule has 0 spiro atoms. The molecule has 0 unspecified atom stereocenters. The van der Waals surface area contributed by atoms with E-state index in [4.69, 9.17) is 11.6 Å². The average Bonchev–Trinajstić information content (AvgIpc) is 2.95. The topological polar surface area (TPSA) is 70.6 Å². The molecule has 120 valence electrons. The zero-order valence-corrected chi connectivity index (χ0v) is 13.7. The third-order valence-corrected chi connectivity index (χ3v) is 4.45. The second-order valence-corrected chi connectivity index (χ2v) is 6.14. The zero-order chi connectivity index (χ0) is 16.6. The summed E-state index contributed by atoms with van der Waals surface area (Å²) in [7, 11) is 1.73. The Balaban J connectivity index is 1.86. The third kappa shape index (κ3) is 2.75. The van der Waals surface area contributed by atoms with Gasteiger partial charge in [-0.3, -0.25) is 0 Å². The van der Waals surface area contributed by atoms with Crippen molar-refractivity contribution in [2.75, 3.05) is 18.0 Å². The molecule has 0 amide bonds. The van der Waals surface area contributed by atoms with E-state index >= 15 is 4.39 Å². The van der Waals surface area contributed by atoms with Gasteiger partial charge in [0.05, 0.1) is 11.3 Å². The van der Waals surface area contributed by atoms with E-state index < -0.39 is 5.67 Å².